The maximum atomic E-state index is 12.6. The molecule has 0 spiro atoms. The Bertz CT molecular complexity index is 1550. The first kappa shape index (κ1) is 22.4. The number of hydrogen-bond acceptors (Lipinski definition) is 7. The van der Waals surface area contributed by atoms with Crippen LogP contribution in [0.4, 0.5) is 5.13 Å². The zero-order valence-electron chi connectivity index (χ0n) is 18.6. The molecule has 1 aliphatic heterocycles. The van der Waals surface area contributed by atoms with Crippen LogP contribution in [-0.2, 0) is 11.2 Å². The largest absolute Gasteiger partial charge is 0.463 e. The predicted molar refractivity (Wildman–Crippen MR) is 133 cm³/mol. The molecule has 1 N–H and O–H groups in total. The summed E-state index contributed by atoms with van der Waals surface area (Å²) in [5.41, 5.74) is 2.29. The smallest absolute Gasteiger partial charge is 0.261 e. The van der Waals surface area contributed by atoms with Crippen LogP contribution in [-0.4, -0.2) is 34.2 Å². The molecule has 0 atom stereocenters. The van der Waals surface area contributed by atoms with Gasteiger partial charge in [-0.25, -0.2) is 4.98 Å². The van der Waals surface area contributed by atoms with Crippen molar-refractivity contribution in [2.45, 2.75) is 13.3 Å². The quantitative estimate of drug-likeness (QED) is 0.326. The lowest BCUT2D eigenvalue weighted by atomic mass is 10.1. The third kappa shape index (κ3) is 4.41. The summed E-state index contributed by atoms with van der Waals surface area (Å²) in [6, 6.07) is 12.1. The first-order valence-electron chi connectivity index (χ1n) is 10.8. The highest BCUT2D eigenvalue weighted by atomic mass is 32.1. The minimum Gasteiger partial charge on any atom is -0.463 e. The number of aromatic nitrogens is 1. The molecular weight excluding hydrogens is 466 g/mol. The summed E-state index contributed by atoms with van der Waals surface area (Å²) in [5.74, 6) is -1.06. The third-order valence-electron chi connectivity index (χ3n) is 5.61. The number of hydrogen-bond donors (Lipinski definition) is 1. The van der Waals surface area contributed by atoms with Gasteiger partial charge in [-0.3, -0.25) is 29.4 Å². The molecule has 0 fully saturated rings. The van der Waals surface area contributed by atoms with Gasteiger partial charge in [-0.15, -0.1) is 11.3 Å². The molecule has 5 rings (SSSR count). The van der Waals surface area contributed by atoms with Crippen molar-refractivity contribution < 1.29 is 18.8 Å². The van der Waals surface area contributed by atoms with Crippen LogP contribution in [0.3, 0.4) is 0 Å². The number of carbonyl (C=O) groups is 3. The maximum Gasteiger partial charge on any atom is 0.261 e. The summed E-state index contributed by atoms with van der Waals surface area (Å²) in [7, 11) is 0. The second-order valence-corrected chi connectivity index (χ2v) is 9.15. The molecule has 35 heavy (non-hydrogen) atoms. The summed E-state index contributed by atoms with van der Waals surface area (Å²) < 4.78 is 5.49. The summed E-state index contributed by atoms with van der Waals surface area (Å²) in [6.07, 6.45) is 5.99. The Hall–Kier alpha value is -4.37. The molecule has 0 radical (unpaired) electrons. The number of anilines is 1. The molecule has 4 aromatic rings. The Morgan fingerprint density at radius 2 is 1.86 bits per heavy atom. The van der Waals surface area contributed by atoms with Crippen LogP contribution in [0.1, 0.15) is 36.7 Å². The molecule has 8 nitrogen and oxygen atoms in total. The standard InChI is InChI=1S/C26H19N3O5S/c1-15-6-8-21-20(12-15)23(31)16(14-34-21)7-9-22(30)28-26-27-13-17(35-26)10-11-29-24(32)18-4-2-3-5-19(18)25(29)33/h2-9,12-14H,10-11H2,1H3,(H,27,28,30)/b9-7+. The SMILES string of the molecule is Cc1ccc2occ(/C=C/C(=O)Nc3ncc(CCN4C(=O)c5ccccc5C4=O)s3)c(=O)c2c1. The van der Waals surface area contributed by atoms with Crippen molar-refractivity contribution in [3.05, 3.63) is 98.4 Å². The Morgan fingerprint density at radius 1 is 1.11 bits per heavy atom. The van der Waals surface area contributed by atoms with Crippen molar-refractivity contribution >= 4 is 51.2 Å². The maximum absolute atomic E-state index is 12.6. The minimum atomic E-state index is -0.449. The molecule has 3 amide bonds. The number of nitrogens with zero attached hydrogens (tertiary/aromatic N) is 2. The van der Waals surface area contributed by atoms with Crippen molar-refractivity contribution in [1.29, 1.82) is 0 Å². The second-order valence-electron chi connectivity index (χ2n) is 8.03. The molecule has 0 saturated carbocycles. The van der Waals surface area contributed by atoms with Crippen LogP contribution >= 0.6 is 11.3 Å². The molecule has 1 aliphatic rings. The average Bonchev–Trinajstić information content (AvgIpc) is 3.40. The van der Waals surface area contributed by atoms with E-state index in [4.69, 9.17) is 4.42 Å². The van der Waals surface area contributed by atoms with E-state index in [2.05, 4.69) is 10.3 Å². The Labute approximate surface area is 203 Å². The van der Waals surface area contributed by atoms with Crippen LogP contribution in [0.2, 0.25) is 0 Å². The summed E-state index contributed by atoms with van der Waals surface area (Å²) in [6.45, 7) is 2.11. The number of rotatable bonds is 6. The van der Waals surface area contributed by atoms with Crippen LogP contribution < -0.4 is 10.7 Å². The van der Waals surface area contributed by atoms with Gasteiger partial charge >= 0.3 is 0 Å². The first-order valence-corrected chi connectivity index (χ1v) is 11.6. The van der Waals surface area contributed by atoms with Gasteiger partial charge in [-0.2, -0.15) is 0 Å². The number of fused-ring (bicyclic) bond motifs is 2. The topological polar surface area (TPSA) is 110 Å². The van der Waals surface area contributed by atoms with E-state index in [1.807, 2.05) is 13.0 Å². The summed E-state index contributed by atoms with van der Waals surface area (Å²) in [5, 5.41) is 3.49. The Balaban J connectivity index is 1.21. The molecule has 3 heterocycles. The van der Waals surface area contributed by atoms with Gasteiger partial charge in [-0.1, -0.05) is 23.8 Å². The number of benzene rings is 2. The molecule has 0 aliphatic carbocycles. The number of amides is 3. The van der Waals surface area contributed by atoms with Crippen molar-refractivity contribution in [3.63, 3.8) is 0 Å². The van der Waals surface area contributed by atoms with Crippen LogP contribution in [0.25, 0.3) is 17.0 Å². The van der Waals surface area contributed by atoms with Crippen molar-refractivity contribution in [1.82, 2.24) is 9.88 Å². The number of thiazole rings is 1. The average molecular weight is 486 g/mol. The minimum absolute atomic E-state index is 0.219. The molecule has 0 saturated heterocycles. The van der Waals surface area contributed by atoms with Crippen LogP contribution in [0.15, 0.2) is 70.2 Å². The number of aryl methyl sites for hydroxylation is 1. The first-order chi connectivity index (χ1) is 16.9. The molecule has 174 valence electrons. The van der Waals surface area contributed by atoms with Crippen molar-refractivity contribution in [2.24, 2.45) is 0 Å². The molecule has 0 bridgehead atoms. The zero-order chi connectivity index (χ0) is 24.5. The van der Waals surface area contributed by atoms with Gasteiger partial charge in [0, 0.05) is 30.1 Å². The van der Waals surface area contributed by atoms with Crippen molar-refractivity contribution in [2.75, 3.05) is 11.9 Å². The fraction of sp³-hybridized carbons (Fsp3) is 0.115. The lowest BCUT2D eigenvalue weighted by Gasteiger charge is -2.12. The number of imide groups is 1. The normalized spacial score (nSPS) is 13.1. The van der Waals surface area contributed by atoms with Gasteiger partial charge in [0.2, 0.25) is 5.91 Å². The van der Waals surface area contributed by atoms with E-state index >= 15 is 0 Å². The molecule has 9 heteroatoms. The highest BCUT2D eigenvalue weighted by molar-refractivity contribution is 7.15. The number of nitrogens with one attached hydrogen (secondary N) is 1. The van der Waals surface area contributed by atoms with E-state index in [0.29, 0.717) is 33.6 Å². The zero-order valence-corrected chi connectivity index (χ0v) is 19.4. The van der Waals surface area contributed by atoms with Gasteiger partial charge < -0.3 is 4.42 Å². The van der Waals surface area contributed by atoms with E-state index < -0.39 is 5.91 Å². The van der Waals surface area contributed by atoms with Gasteiger partial charge in [-0.05, 0) is 37.3 Å². The van der Waals surface area contributed by atoms with E-state index in [-0.39, 0.29) is 29.4 Å². The van der Waals surface area contributed by atoms with E-state index in [0.717, 1.165) is 10.4 Å². The lowest BCUT2D eigenvalue weighted by Crippen LogP contribution is -2.31. The highest BCUT2D eigenvalue weighted by Crippen LogP contribution is 2.24. The van der Waals surface area contributed by atoms with Crippen molar-refractivity contribution in [3.8, 4) is 0 Å². The van der Waals surface area contributed by atoms with E-state index in [1.54, 1.807) is 42.6 Å². The van der Waals surface area contributed by atoms with Gasteiger partial charge in [0.15, 0.2) is 10.6 Å². The second kappa shape index (κ2) is 9.11. The van der Waals surface area contributed by atoms with Crippen LogP contribution in [0.5, 0.6) is 0 Å². The summed E-state index contributed by atoms with van der Waals surface area (Å²) in [4.78, 5) is 56.2. The van der Waals surface area contributed by atoms with Gasteiger partial charge in [0.05, 0.1) is 22.1 Å². The van der Waals surface area contributed by atoms with Gasteiger partial charge in [0.1, 0.15) is 11.8 Å². The fourth-order valence-electron chi connectivity index (χ4n) is 3.83. The number of carbonyl (C=O) groups excluding carboxylic acids is 3. The van der Waals surface area contributed by atoms with Crippen LogP contribution in [0, 0.1) is 6.92 Å². The molecule has 2 aromatic carbocycles. The fourth-order valence-corrected chi connectivity index (χ4v) is 4.64. The third-order valence-corrected chi connectivity index (χ3v) is 6.59. The summed E-state index contributed by atoms with van der Waals surface area (Å²) >= 11 is 1.25. The lowest BCUT2D eigenvalue weighted by molar-refractivity contribution is -0.111. The molecule has 2 aromatic heterocycles. The Morgan fingerprint density at radius 3 is 2.60 bits per heavy atom. The predicted octanol–water partition coefficient (Wildman–Crippen LogP) is 4.05. The highest BCUT2D eigenvalue weighted by Gasteiger charge is 2.34. The van der Waals surface area contributed by atoms with Gasteiger partial charge in [0.25, 0.3) is 11.8 Å². The Kier molecular flexibility index (Phi) is 5.84. The van der Waals surface area contributed by atoms with E-state index in [1.165, 1.54) is 34.7 Å². The molecular formula is C26H19N3O5S. The molecule has 0 unspecified atom stereocenters. The van der Waals surface area contributed by atoms with E-state index in [9.17, 15) is 19.2 Å². The monoisotopic (exact) mass is 485 g/mol.